The number of carbonyl (C=O) groups is 2. The number of nitrogens with one attached hydrogen (secondary N) is 1. The minimum atomic E-state index is -0.553. The van der Waals surface area contributed by atoms with Gasteiger partial charge in [-0.15, -0.1) is 23.2 Å². The summed E-state index contributed by atoms with van der Waals surface area (Å²) in [6.45, 7) is 11.2. The van der Waals surface area contributed by atoms with Crippen LogP contribution in [0.25, 0.3) is 0 Å². The second-order valence-electron chi connectivity index (χ2n) is 8.56. The van der Waals surface area contributed by atoms with Crippen molar-refractivity contribution in [3.8, 4) is 0 Å². The van der Waals surface area contributed by atoms with Gasteiger partial charge in [-0.25, -0.2) is 0 Å². The zero-order valence-electron chi connectivity index (χ0n) is 18.7. The van der Waals surface area contributed by atoms with Gasteiger partial charge in [0.15, 0.2) is 0 Å². The predicted molar refractivity (Wildman–Crippen MR) is 128 cm³/mol. The molecule has 8 heteroatoms. The van der Waals surface area contributed by atoms with Crippen LogP contribution in [-0.2, 0) is 20.7 Å². The Hall–Kier alpha value is -1.24. The number of ether oxygens (including phenoxy) is 1. The molecule has 0 heterocycles. The molecule has 0 aliphatic carbocycles. The summed E-state index contributed by atoms with van der Waals surface area (Å²) in [5, 5.41) is 3.05. The minimum Gasteiger partial charge on any atom is -0.460 e. The van der Waals surface area contributed by atoms with Crippen molar-refractivity contribution < 1.29 is 14.3 Å². The summed E-state index contributed by atoms with van der Waals surface area (Å²) in [4.78, 5) is 25.4. The first-order valence-corrected chi connectivity index (χ1v) is 11.4. The molecule has 0 unspecified atom stereocenters. The second kappa shape index (κ2) is 13.2. The summed E-state index contributed by atoms with van der Waals surface area (Å²) in [7, 11) is 1.33. The molecule has 1 N–H and O–H groups in total. The van der Waals surface area contributed by atoms with E-state index in [1.807, 2.05) is 20.8 Å². The Kier molecular flexibility index (Phi) is 11.8. The Morgan fingerprint density at radius 1 is 1.23 bits per heavy atom. The van der Waals surface area contributed by atoms with Crippen molar-refractivity contribution in [3.63, 3.8) is 0 Å². The number of anilines is 1. The van der Waals surface area contributed by atoms with E-state index in [0.717, 1.165) is 11.3 Å². The molecule has 0 spiro atoms. The lowest BCUT2D eigenvalue weighted by molar-refractivity contribution is -0.155. The molecule has 1 atom stereocenters. The van der Waals surface area contributed by atoms with Gasteiger partial charge < -0.3 is 19.7 Å². The summed E-state index contributed by atoms with van der Waals surface area (Å²) in [5.74, 6) is 1.04. The summed E-state index contributed by atoms with van der Waals surface area (Å²) in [6.07, 6.45) is 1.43. The number of carbonyl (C=O) groups excluding carboxylic acids is 2. The first-order chi connectivity index (χ1) is 14.1. The number of benzene rings is 1. The van der Waals surface area contributed by atoms with Crippen LogP contribution in [0.15, 0.2) is 18.2 Å². The normalized spacial score (nSPS) is 12.5. The minimum absolute atomic E-state index is 0.163. The highest BCUT2D eigenvalue weighted by atomic mass is 35.5. The summed E-state index contributed by atoms with van der Waals surface area (Å²) in [6, 6.07) is 6.09. The zero-order valence-corrected chi connectivity index (χ0v) is 20.2. The number of esters is 1. The molecule has 5 nitrogen and oxygen atoms in total. The van der Waals surface area contributed by atoms with Gasteiger partial charge in [0.1, 0.15) is 5.60 Å². The van der Waals surface area contributed by atoms with Crippen molar-refractivity contribution in [2.24, 2.45) is 0 Å². The molecule has 1 radical (unpaired) electrons. The van der Waals surface area contributed by atoms with Crippen molar-refractivity contribution in [2.45, 2.75) is 65.0 Å². The number of nitrogens with zero attached hydrogens (tertiary/aromatic N) is 1. The molecule has 167 valence electrons. The van der Waals surface area contributed by atoms with Gasteiger partial charge in [-0.05, 0) is 56.4 Å². The van der Waals surface area contributed by atoms with Gasteiger partial charge in [0.2, 0.25) is 0 Å². The Morgan fingerprint density at radius 3 is 2.37 bits per heavy atom. The fourth-order valence-corrected chi connectivity index (χ4v) is 3.73. The second-order valence-corrected chi connectivity index (χ2v) is 9.32. The molecule has 0 bridgehead atoms. The van der Waals surface area contributed by atoms with Crippen molar-refractivity contribution in [3.05, 3.63) is 29.3 Å². The molecule has 0 aliphatic heterocycles. The van der Waals surface area contributed by atoms with Crippen LogP contribution in [-0.4, -0.2) is 56.1 Å². The van der Waals surface area contributed by atoms with Gasteiger partial charge in [-0.1, -0.05) is 19.9 Å². The van der Waals surface area contributed by atoms with Gasteiger partial charge in [0, 0.05) is 36.6 Å². The van der Waals surface area contributed by atoms with E-state index < -0.39 is 5.60 Å². The van der Waals surface area contributed by atoms with Crippen LogP contribution in [0.2, 0.25) is 0 Å². The summed E-state index contributed by atoms with van der Waals surface area (Å²) in [5.41, 5.74) is 2.82. The van der Waals surface area contributed by atoms with Crippen LogP contribution in [0.4, 0.5) is 5.69 Å². The molecular weight excluding hydrogens is 422 g/mol. The van der Waals surface area contributed by atoms with Gasteiger partial charge in [0.05, 0.1) is 12.6 Å². The first kappa shape index (κ1) is 26.8. The van der Waals surface area contributed by atoms with Crippen molar-refractivity contribution >= 4 is 48.5 Å². The predicted octanol–water partition coefficient (Wildman–Crippen LogP) is 4.14. The third kappa shape index (κ3) is 9.72. The summed E-state index contributed by atoms with van der Waals surface area (Å²) < 4.78 is 5.47. The number of rotatable bonds is 13. The molecule has 30 heavy (non-hydrogen) atoms. The Bertz CT molecular complexity index is 675. The zero-order chi connectivity index (χ0) is 22.7. The van der Waals surface area contributed by atoms with Crippen LogP contribution in [0.1, 0.15) is 58.1 Å². The van der Waals surface area contributed by atoms with Gasteiger partial charge in [-0.2, -0.15) is 0 Å². The van der Waals surface area contributed by atoms with Gasteiger partial charge in [0.25, 0.3) is 7.41 Å². The Balaban J connectivity index is 3.15. The largest absolute Gasteiger partial charge is 0.460 e. The highest BCUT2D eigenvalue weighted by Crippen LogP contribution is 2.27. The Morgan fingerprint density at radius 2 is 1.87 bits per heavy atom. The first-order valence-electron chi connectivity index (χ1n) is 10.4. The molecule has 1 rings (SSSR count). The quantitative estimate of drug-likeness (QED) is 0.209. The average molecular weight is 456 g/mol. The van der Waals surface area contributed by atoms with Crippen molar-refractivity contribution in [1.29, 1.82) is 0 Å². The van der Waals surface area contributed by atoms with Gasteiger partial charge in [-0.3, -0.25) is 4.79 Å². The molecule has 1 aromatic rings. The summed E-state index contributed by atoms with van der Waals surface area (Å²) >= 11 is 11.9. The van der Waals surface area contributed by atoms with E-state index in [9.17, 15) is 9.59 Å². The smallest absolute Gasteiger partial charge is 0.307 e. The Labute approximate surface area is 192 Å². The maximum atomic E-state index is 12.4. The molecule has 0 saturated carbocycles. The van der Waals surface area contributed by atoms with Crippen LogP contribution in [0.3, 0.4) is 0 Å². The van der Waals surface area contributed by atoms with E-state index in [-0.39, 0.29) is 18.4 Å². The molecular formula is C22H34BCl2N2O3. The van der Waals surface area contributed by atoms with Crippen molar-refractivity contribution in [2.75, 3.05) is 29.7 Å². The lowest BCUT2D eigenvalue weighted by Crippen LogP contribution is -2.38. The fraction of sp³-hybridized carbons (Fsp3) is 0.636. The molecule has 0 aliphatic rings. The number of hydrogen-bond acceptors (Lipinski definition) is 5. The highest BCUT2D eigenvalue weighted by molar-refractivity contribution is 6.64. The van der Waals surface area contributed by atoms with E-state index in [0.29, 0.717) is 43.4 Å². The molecule has 1 aromatic carbocycles. The molecule has 0 fully saturated rings. The third-order valence-corrected chi connectivity index (χ3v) is 4.86. The van der Waals surface area contributed by atoms with E-state index in [1.165, 1.54) is 13.0 Å². The third-order valence-electron chi connectivity index (χ3n) is 4.52. The van der Waals surface area contributed by atoms with Crippen LogP contribution in [0.5, 0.6) is 0 Å². The molecule has 0 aromatic heterocycles. The standard InChI is InChI=1S/C22H34BCl2N2O3/c1-16(2)20-7-6-19(27(10-8-24)11-9-25)13-17(20)12-18(26-23-15-28)14-21(29)30-22(3,4)5/h6-7,13,15-16,18,26H,8-12,14H2,1-5H3/t18-/m0/s1. The number of hydrogen-bond donors (Lipinski definition) is 1. The number of halogens is 2. The van der Waals surface area contributed by atoms with E-state index in [4.69, 9.17) is 27.9 Å². The van der Waals surface area contributed by atoms with Crippen molar-refractivity contribution in [1.82, 2.24) is 5.23 Å². The lowest BCUT2D eigenvalue weighted by Gasteiger charge is -2.27. The maximum absolute atomic E-state index is 12.4. The SMILES string of the molecule is CC(C)c1ccc(N(CCCl)CCCl)cc1C[C@@H](CC(=O)OC(C)(C)C)N[B]C=O. The fourth-order valence-electron chi connectivity index (χ4n) is 3.32. The van der Waals surface area contributed by atoms with Gasteiger partial charge >= 0.3 is 5.97 Å². The molecule has 0 amide bonds. The molecule has 0 saturated heterocycles. The van der Waals surface area contributed by atoms with Crippen LogP contribution in [0, 0.1) is 0 Å². The lowest BCUT2D eigenvalue weighted by atomic mass is 9.88. The van der Waals surface area contributed by atoms with E-state index in [1.54, 1.807) is 0 Å². The van der Waals surface area contributed by atoms with E-state index in [2.05, 4.69) is 42.2 Å². The maximum Gasteiger partial charge on any atom is 0.307 e. The average Bonchev–Trinajstić information content (AvgIpc) is 2.64. The van der Waals surface area contributed by atoms with Crippen LogP contribution >= 0.6 is 23.2 Å². The van der Waals surface area contributed by atoms with E-state index >= 15 is 0 Å². The monoisotopic (exact) mass is 455 g/mol. The topological polar surface area (TPSA) is 58.6 Å². The number of alkyl halides is 2. The van der Waals surface area contributed by atoms with Crippen LogP contribution < -0.4 is 10.1 Å². The highest BCUT2D eigenvalue weighted by Gasteiger charge is 2.22.